The van der Waals surface area contributed by atoms with E-state index in [1.807, 2.05) is 0 Å². The van der Waals surface area contributed by atoms with Crippen LogP contribution in [0.3, 0.4) is 0 Å². The maximum Gasteiger partial charge on any atom is 0.0613 e. The Balaban J connectivity index is 1.46. The van der Waals surface area contributed by atoms with Gasteiger partial charge in [0.25, 0.3) is 0 Å². The fourth-order valence-corrected chi connectivity index (χ4v) is 4.62. The Hall–Kier alpha value is -0.120. The van der Waals surface area contributed by atoms with Gasteiger partial charge in [0.1, 0.15) is 0 Å². The van der Waals surface area contributed by atoms with Crippen LogP contribution in [0.4, 0.5) is 0 Å². The van der Waals surface area contributed by atoms with E-state index in [9.17, 15) is 5.11 Å². The Morgan fingerprint density at radius 1 is 1.10 bits per heavy atom. The topological polar surface area (TPSA) is 35.5 Å². The number of piperidine rings is 1. The zero-order valence-corrected chi connectivity index (χ0v) is 14.0. The number of likely N-dealkylation sites (tertiary alicyclic amines) is 1. The largest absolute Gasteiger partial charge is 0.394 e. The fraction of sp³-hybridized carbons (Fsp3) is 1.00. The van der Waals surface area contributed by atoms with Crippen LogP contribution in [0.1, 0.15) is 65.2 Å². The molecule has 1 heterocycles. The molecule has 2 aliphatic carbocycles. The normalized spacial score (nSPS) is 35.6. The molecule has 3 rings (SSSR count). The molecule has 3 aliphatic rings. The first-order valence-corrected chi connectivity index (χ1v) is 9.23. The summed E-state index contributed by atoms with van der Waals surface area (Å²) in [7, 11) is 0. The second-order valence-corrected chi connectivity index (χ2v) is 8.23. The van der Waals surface area contributed by atoms with E-state index >= 15 is 0 Å². The van der Waals surface area contributed by atoms with Crippen molar-refractivity contribution in [2.24, 2.45) is 11.8 Å². The van der Waals surface area contributed by atoms with Crippen LogP contribution in [0, 0.1) is 11.8 Å². The van der Waals surface area contributed by atoms with Crippen molar-refractivity contribution in [3.8, 4) is 0 Å². The van der Waals surface area contributed by atoms with Gasteiger partial charge < -0.3 is 15.3 Å². The Kier molecular flexibility index (Phi) is 4.92. The van der Waals surface area contributed by atoms with Gasteiger partial charge in [0.05, 0.1) is 6.61 Å². The molecule has 3 fully saturated rings. The van der Waals surface area contributed by atoms with Gasteiger partial charge in [-0.15, -0.1) is 0 Å². The minimum absolute atomic E-state index is 0.0216. The first-order valence-electron chi connectivity index (χ1n) is 9.23. The van der Waals surface area contributed by atoms with Crippen LogP contribution < -0.4 is 5.32 Å². The average molecular weight is 294 g/mol. The molecule has 0 aromatic rings. The van der Waals surface area contributed by atoms with Crippen molar-refractivity contribution < 1.29 is 5.11 Å². The molecule has 0 amide bonds. The summed E-state index contributed by atoms with van der Waals surface area (Å²) in [5, 5.41) is 13.5. The fourth-order valence-electron chi connectivity index (χ4n) is 4.62. The van der Waals surface area contributed by atoms with Crippen molar-refractivity contribution >= 4 is 0 Å². The minimum atomic E-state index is -0.0216. The lowest BCUT2D eigenvalue weighted by Gasteiger charge is -2.43. The summed E-state index contributed by atoms with van der Waals surface area (Å²) in [6, 6.07) is 1.46. The number of aliphatic hydroxyl groups excluding tert-OH is 1. The molecule has 0 aromatic carbocycles. The summed E-state index contributed by atoms with van der Waals surface area (Å²) < 4.78 is 0. The van der Waals surface area contributed by atoms with Crippen molar-refractivity contribution in [3.05, 3.63) is 0 Å². The lowest BCUT2D eigenvalue weighted by molar-refractivity contribution is 0.0790. The van der Waals surface area contributed by atoms with Gasteiger partial charge in [-0.1, -0.05) is 19.8 Å². The Morgan fingerprint density at radius 2 is 1.81 bits per heavy atom. The van der Waals surface area contributed by atoms with Crippen LogP contribution in [-0.4, -0.2) is 47.3 Å². The molecule has 3 atom stereocenters. The maximum atomic E-state index is 9.74. The van der Waals surface area contributed by atoms with Gasteiger partial charge in [-0.25, -0.2) is 0 Å². The number of nitrogens with zero attached hydrogens (tertiary/aromatic N) is 1. The van der Waals surface area contributed by atoms with Crippen LogP contribution in [0.5, 0.6) is 0 Å². The van der Waals surface area contributed by atoms with E-state index in [0.29, 0.717) is 12.0 Å². The van der Waals surface area contributed by atoms with Gasteiger partial charge in [0.2, 0.25) is 0 Å². The van der Waals surface area contributed by atoms with Crippen molar-refractivity contribution in [3.63, 3.8) is 0 Å². The van der Waals surface area contributed by atoms with Crippen LogP contribution in [0.25, 0.3) is 0 Å². The van der Waals surface area contributed by atoms with Crippen molar-refractivity contribution in [1.29, 1.82) is 0 Å². The Labute approximate surface area is 130 Å². The van der Waals surface area contributed by atoms with Gasteiger partial charge in [-0.05, 0) is 70.4 Å². The molecule has 0 bridgehead atoms. The van der Waals surface area contributed by atoms with E-state index < -0.39 is 0 Å². The van der Waals surface area contributed by atoms with Crippen molar-refractivity contribution in [2.45, 2.75) is 82.8 Å². The van der Waals surface area contributed by atoms with Gasteiger partial charge in [0.15, 0.2) is 0 Å². The van der Waals surface area contributed by atoms with Crippen molar-refractivity contribution in [1.82, 2.24) is 10.2 Å². The smallest absolute Gasteiger partial charge is 0.0613 e. The molecular weight excluding hydrogens is 260 g/mol. The molecule has 122 valence electrons. The third-order valence-corrected chi connectivity index (χ3v) is 6.30. The Morgan fingerprint density at radius 3 is 2.38 bits per heavy atom. The van der Waals surface area contributed by atoms with Crippen LogP contribution >= 0.6 is 0 Å². The molecule has 3 unspecified atom stereocenters. The summed E-state index contributed by atoms with van der Waals surface area (Å²) in [4.78, 5) is 2.75. The molecule has 3 heteroatoms. The number of rotatable bonds is 5. The number of hydrogen-bond donors (Lipinski definition) is 2. The van der Waals surface area contributed by atoms with Crippen LogP contribution in [-0.2, 0) is 0 Å². The lowest BCUT2D eigenvalue weighted by atomic mass is 9.85. The SMILES string of the molecule is CC1CCCC(N2CCC(NC(C)(CO)C3CC3)CC2)C1. The lowest BCUT2D eigenvalue weighted by Crippen LogP contribution is -2.56. The highest BCUT2D eigenvalue weighted by Crippen LogP contribution is 2.40. The molecule has 2 saturated carbocycles. The zero-order valence-electron chi connectivity index (χ0n) is 14.0. The standard InChI is InChI=1S/C18H34N2O/c1-14-4-3-5-17(12-14)20-10-8-16(9-11-20)19-18(2,13-21)15-6-7-15/h14-17,19,21H,3-13H2,1-2H3. The quantitative estimate of drug-likeness (QED) is 0.818. The highest BCUT2D eigenvalue weighted by atomic mass is 16.3. The van der Waals surface area contributed by atoms with E-state index in [0.717, 1.165) is 12.0 Å². The van der Waals surface area contributed by atoms with Gasteiger partial charge in [-0.3, -0.25) is 0 Å². The zero-order chi connectivity index (χ0) is 14.9. The molecule has 1 saturated heterocycles. The van der Waals surface area contributed by atoms with Gasteiger partial charge in [0, 0.05) is 17.6 Å². The third kappa shape index (κ3) is 3.80. The second kappa shape index (κ2) is 6.55. The van der Waals surface area contributed by atoms with Crippen LogP contribution in [0.2, 0.25) is 0 Å². The molecule has 3 nitrogen and oxygen atoms in total. The number of nitrogens with one attached hydrogen (secondary N) is 1. The summed E-state index contributed by atoms with van der Waals surface area (Å²) in [6.07, 6.45) is 10.8. The number of aliphatic hydroxyl groups is 1. The molecule has 2 N–H and O–H groups in total. The molecule has 21 heavy (non-hydrogen) atoms. The molecule has 1 aliphatic heterocycles. The van der Waals surface area contributed by atoms with E-state index in [-0.39, 0.29) is 12.1 Å². The summed E-state index contributed by atoms with van der Waals surface area (Å²) in [5.41, 5.74) is -0.0216. The average Bonchev–Trinajstić information content (AvgIpc) is 3.33. The van der Waals surface area contributed by atoms with Gasteiger partial charge in [-0.2, -0.15) is 0 Å². The summed E-state index contributed by atoms with van der Waals surface area (Å²) in [5.74, 6) is 1.63. The van der Waals surface area contributed by atoms with E-state index in [1.54, 1.807) is 0 Å². The van der Waals surface area contributed by atoms with Gasteiger partial charge >= 0.3 is 0 Å². The highest BCUT2D eigenvalue weighted by Gasteiger charge is 2.42. The highest BCUT2D eigenvalue weighted by molar-refractivity contribution is 5.00. The monoisotopic (exact) mass is 294 g/mol. The minimum Gasteiger partial charge on any atom is -0.394 e. The molecule has 0 spiro atoms. The predicted octanol–water partition coefficient (Wildman–Crippen LogP) is 2.78. The molecule has 0 radical (unpaired) electrons. The van der Waals surface area contributed by atoms with Crippen LogP contribution in [0.15, 0.2) is 0 Å². The summed E-state index contributed by atoms with van der Waals surface area (Å²) >= 11 is 0. The molecule has 0 aromatic heterocycles. The number of hydrogen-bond acceptors (Lipinski definition) is 3. The first kappa shape index (κ1) is 15.8. The van der Waals surface area contributed by atoms with Crippen molar-refractivity contribution in [2.75, 3.05) is 19.7 Å². The predicted molar refractivity (Wildman–Crippen MR) is 87.4 cm³/mol. The summed E-state index contributed by atoms with van der Waals surface area (Å²) in [6.45, 7) is 7.43. The van der Waals surface area contributed by atoms with E-state index in [1.165, 1.54) is 64.5 Å². The first-order chi connectivity index (χ1) is 10.1. The second-order valence-electron chi connectivity index (χ2n) is 8.23. The van der Waals surface area contributed by atoms with E-state index in [2.05, 4.69) is 24.1 Å². The van der Waals surface area contributed by atoms with E-state index in [4.69, 9.17) is 0 Å². The molecular formula is C18H34N2O. The third-order valence-electron chi connectivity index (χ3n) is 6.30. The Bertz CT molecular complexity index is 336. The maximum absolute atomic E-state index is 9.74.